The smallest absolute Gasteiger partial charge is 0.219 e. The van der Waals surface area contributed by atoms with E-state index in [4.69, 9.17) is 21.4 Å². The normalized spacial score (nSPS) is 18.3. The summed E-state index contributed by atoms with van der Waals surface area (Å²) in [5.41, 5.74) is 20.4. The van der Waals surface area contributed by atoms with Crippen LogP contribution in [0.3, 0.4) is 0 Å². The number of carbonyl (C=O) groups is 1. The van der Waals surface area contributed by atoms with Crippen LogP contribution in [0.5, 0.6) is 0 Å². The maximum Gasteiger partial charge on any atom is 0.219 e. The van der Waals surface area contributed by atoms with Gasteiger partial charge in [0.05, 0.1) is 11.3 Å². The van der Waals surface area contributed by atoms with E-state index in [0.29, 0.717) is 11.9 Å². The summed E-state index contributed by atoms with van der Waals surface area (Å²) in [7, 11) is 1.91. The molecule has 4 N–H and O–H groups in total. The molecular weight excluding hydrogens is 663 g/mol. The largest absolute Gasteiger partial charge is 0.383 e. The van der Waals surface area contributed by atoms with Gasteiger partial charge in [-0.15, -0.1) is 0 Å². The van der Waals surface area contributed by atoms with Crippen molar-refractivity contribution in [1.82, 2.24) is 19.4 Å². The predicted molar refractivity (Wildman–Crippen MR) is 187 cm³/mol. The molecule has 4 heterocycles. The fourth-order valence-corrected chi connectivity index (χ4v) is 7.70. The highest BCUT2D eigenvalue weighted by atomic mass is 127. The highest BCUT2D eigenvalue weighted by Crippen LogP contribution is 2.39. The van der Waals surface area contributed by atoms with Crippen molar-refractivity contribution >= 4 is 59.2 Å². The zero-order valence-corrected chi connectivity index (χ0v) is 27.2. The van der Waals surface area contributed by atoms with Crippen LogP contribution in [-0.4, -0.2) is 61.4 Å². The quantitative estimate of drug-likeness (QED) is 0.263. The third-order valence-corrected chi connectivity index (χ3v) is 10.9. The van der Waals surface area contributed by atoms with Crippen molar-refractivity contribution in [2.75, 3.05) is 25.0 Å². The van der Waals surface area contributed by atoms with Crippen LogP contribution < -0.4 is 16.4 Å². The standard InChI is InChI=1S/C34H37IN8O/c1-22(44)41(2)25-14-19-42(20-15-25)27-6-3-5-23(21-27)29-11-12-30-33(38-29)43(32(39-30)28-13-18-35-40-31(28)36)26-9-7-24(8-10-26)34(37)16-4-17-34/h3,5-13,18,21,25H,4,14-17,19-20,37H2,1-2H3,(H2,36,40). The third kappa shape index (κ3) is 5.23. The molecule has 0 atom stereocenters. The Kier molecular flexibility index (Phi) is 7.57. The first kappa shape index (κ1) is 28.8. The number of fused-ring (bicyclic) bond motifs is 1. The van der Waals surface area contributed by atoms with Crippen LogP contribution in [0.15, 0.2) is 69.9 Å². The molecule has 1 saturated carbocycles. The van der Waals surface area contributed by atoms with Crippen LogP contribution in [-0.2, 0) is 10.3 Å². The summed E-state index contributed by atoms with van der Waals surface area (Å²) >= 11 is -0.428. The van der Waals surface area contributed by atoms with Gasteiger partial charge < -0.3 is 21.3 Å². The number of benzene rings is 2. The first-order valence-electron chi connectivity index (χ1n) is 15.2. The Hall–Kier alpha value is -3.90. The van der Waals surface area contributed by atoms with Gasteiger partial charge in [0.25, 0.3) is 0 Å². The SMILES string of the molecule is CC(=O)N(C)C1CCN(c2cccc(-c3ccc4nc(C5=CC=IN=C5N)n(-c5ccc(C6(N)CCC6)cc5)c4n3)c2)CC1. The van der Waals surface area contributed by atoms with E-state index in [1.807, 2.05) is 30.2 Å². The zero-order valence-electron chi connectivity index (χ0n) is 25.1. The van der Waals surface area contributed by atoms with Gasteiger partial charge in [-0.05, 0) is 84.2 Å². The number of imidazole rings is 1. The molecule has 2 aliphatic heterocycles. The molecule has 0 radical (unpaired) electrons. The number of hydrogen-bond acceptors (Lipinski definition) is 7. The Bertz CT molecular complexity index is 1830. The number of amides is 1. The van der Waals surface area contributed by atoms with Gasteiger partial charge in [0.15, 0.2) is 11.5 Å². The van der Waals surface area contributed by atoms with Crippen LogP contribution in [0.2, 0.25) is 0 Å². The van der Waals surface area contributed by atoms with Gasteiger partial charge in [0.1, 0.15) is 11.4 Å². The number of allylic oxidation sites excluding steroid dienone is 1. The molecular formula is C34H37IN8O. The molecule has 2 fully saturated rings. The van der Waals surface area contributed by atoms with Crippen LogP contribution in [0, 0.1) is 0 Å². The topological polar surface area (TPSA) is 119 Å². The van der Waals surface area contributed by atoms with Gasteiger partial charge in [-0.3, -0.25) is 9.36 Å². The summed E-state index contributed by atoms with van der Waals surface area (Å²) in [5.74, 6) is 1.38. The van der Waals surface area contributed by atoms with E-state index in [-0.39, 0.29) is 11.4 Å². The minimum atomic E-state index is -0.428. The number of hydrogen-bond donors (Lipinski definition) is 2. The molecule has 4 aromatic rings. The molecule has 1 amide bonds. The number of pyridine rings is 1. The number of halogens is 1. The summed E-state index contributed by atoms with van der Waals surface area (Å²) in [6.45, 7) is 3.46. The molecule has 1 saturated heterocycles. The molecule has 44 heavy (non-hydrogen) atoms. The van der Waals surface area contributed by atoms with Gasteiger partial charge in [0, 0.05) is 76.6 Å². The number of rotatable bonds is 6. The van der Waals surface area contributed by atoms with Crippen molar-refractivity contribution in [3.05, 3.63) is 78.1 Å². The van der Waals surface area contributed by atoms with Crippen molar-refractivity contribution < 1.29 is 4.79 Å². The average Bonchev–Trinajstić information content (AvgIpc) is 3.42. The number of carbonyl (C=O) groups excluding carboxylic acids is 1. The predicted octanol–water partition coefficient (Wildman–Crippen LogP) is 5.31. The van der Waals surface area contributed by atoms with E-state index in [1.165, 1.54) is 12.1 Å². The molecule has 3 aliphatic rings. The monoisotopic (exact) mass is 700 g/mol. The van der Waals surface area contributed by atoms with Crippen LogP contribution in [0.1, 0.15) is 50.4 Å². The Balaban J connectivity index is 1.26. The second kappa shape index (κ2) is 11.6. The van der Waals surface area contributed by atoms with Gasteiger partial charge >= 0.3 is 0 Å². The molecule has 7 rings (SSSR count). The Morgan fingerprint density at radius 2 is 1.80 bits per heavy atom. The minimum absolute atomic E-state index is 0.126. The van der Waals surface area contributed by atoms with E-state index in [1.54, 1.807) is 6.92 Å². The molecule has 0 bridgehead atoms. The number of nitrogens with two attached hydrogens (primary N) is 2. The lowest BCUT2D eigenvalue weighted by Gasteiger charge is -2.38. The highest BCUT2D eigenvalue weighted by Gasteiger charge is 2.34. The van der Waals surface area contributed by atoms with E-state index >= 15 is 0 Å². The molecule has 10 heteroatoms. The summed E-state index contributed by atoms with van der Waals surface area (Å²) < 4.78 is 8.77. The van der Waals surface area contributed by atoms with Crippen molar-refractivity contribution in [3.8, 4) is 16.9 Å². The lowest BCUT2D eigenvalue weighted by atomic mass is 9.73. The number of piperidine rings is 1. The Morgan fingerprint density at radius 3 is 2.48 bits per heavy atom. The average molecular weight is 701 g/mol. The van der Waals surface area contributed by atoms with Crippen LogP contribution in [0.25, 0.3) is 33.7 Å². The van der Waals surface area contributed by atoms with Crippen molar-refractivity contribution in [2.24, 2.45) is 14.7 Å². The summed E-state index contributed by atoms with van der Waals surface area (Å²) in [5, 5.41) is 0. The molecule has 0 unspecified atom stereocenters. The second-order valence-corrected chi connectivity index (χ2v) is 13.8. The summed E-state index contributed by atoms with van der Waals surface area (Å²) in [4.78, 5) is 26.4. The Morgan fingerprint density at radius 1 is 1.02 bits per heavy atom. The molecule has 2 aromatic heterocycles. The highest BCUT2D eigenvalue weighted by molar-refractivity contribution is 14.2. The minimum Gasteiger partial charge on any atom is -0.383 e. The van der Waals surface area contributed by atoms with E-state index < -0.39 is 21.0 Å². The van der Waals surface area contributed by atoms with Gasteiger partial charge in [-0.1, -0.05) is 24.3 Å². The lowest BCUT2D eigenvalue weighted by Crippen LogP contribution is -2.45. The molecule has 226 valence electrons. The maximum absolute atomic E-state index is 11.9. The first-order valence-corrected chi connectivity index (χ1v) is 17.4. The fraction of sp³-hybridized carbons (Fsp3) is 0.324. The van der Waals surface area contributed by atoms with Crippen LogP contribution in [0.4, 0.5) is 5.69 Å². The summed E-state index contributed by atoms with van der Waals surface area (Å²) in [6, 6.07) is 21.5. The molecule has 0 spiro atoms. The maximum atomic E-state index is 11.9. The second-order valence-electron chi connectivity index (χ2n) is 12.0. The fourth-order valence-electron chi connectivity index (χ4n) is 6.45. The molecule has 9 nitrogen and oxygen atoms in total. The van der Waals surface area contributed by atoms with Crippen LogP contribution >= 0.6 is 21.0 Å². The number of nitrogens with zero attached hydrogens (tertiary/aromatic N) is 6. The first-order chi connectivity index (χ1) is 21.3. The zero-order chi connectivity index (χ0) is 30.4. The van der Waals surface area contributed by atoms with Gasteiger partial charge in [-0.25, -0.2) is 13.2 Å². The van der Waals surface area contributed by atoms with E-state index in [0.717, 1.165) is 83.8 Å². The van der Waals surface area contributed by atoms with E-state index in [9.17, 15) is 4.79 Å². The number of anilines is 1. The number of amidine groups is 1. The third-order valence-electron chi connectivity index (χ3n) is 9.41. The van der Waals surface area contributed by atoms with Crippen molar-refractivity contribution in [2.45, 2.75) is 50.6 Å². The van der Waals surface area contributed by atoms with Crippen molar-refractivity contribution in [1.29, 1.82) is 0 Å². The Labute approximate surface area is 267 Å². The number of aromatic nitrogens is 3. The van der Waals surface area contributed by atoms with Gasteiger partial charge in [-0.2, -0.15) is 0 Å². The lowest BCUT2D eigenvalue weighted by molar-refractivity contribution is -0.129. The molecule has 2 aromatic carbocycles. The summed E-state index contributed by atoms with van der Waals surface area (Å²) in [6.07, 6.45) is 7.16. The van der Waals surface area contributed by atoms with E-state index in [2.05, 4.69) is 65.2 Å². The molecule has 1 aliphatic carbocycles. The van der Waals surface area contributed by atoms with Crippen molar-refractivity contribution in [3.63, 3.8) is 0 Å². The van der Waals surface area contributed by atoms with Gasteiger partial charge in [0.2, 0.25) is 5.91 Å².